The summed E-state index contributed by atoms with van der Waals surface area (Å²) in [5.41, 5.74) is 10.5. The van der Waals surface area contributed by atoms with Crippen molar-refractivity contribution in [3.8, 4) is 17.2 Å². The number of nitrogens with zero attached hydrogens (tertiary/aromatic N) is 4. The van der Waals surface area contributed by atoms with E-state index in [0.717, 1.165) is 0 Å². The molecule has 0 saturated heterocycles. The van der Waals surface area contributed by atoms with Crippen LogP contribution in [0.3, 0.4) is 0 Å². The van der Waals surface area contributed by atoms with Gasteiger partial charge in [0.25, 0.3) is 5.91 Å². The number of phenolic OH excluding ortho intramolecular Hbond substituents is 1. The molecule has 35 heavy (non-hydrogen) atoms. The van der Waals surface area contributed by atoms with Gasteiger partial charge in [-0.3, -0.25) is 10.1 Å². The molecule has 0 aliphatic carbocycles. The van der Waals surface area contributed by atoms with Crippen LogP contribution in [0.25, 0.3) is 21.5 Å². The number of fused-ring (bicyclic) bond motifs is 1. The average molecular weight is 585 g/mol. The second-order valence-corrected chi connectivity index (χ2v) is 8.03. The second-order valence-electron chi connectivity index (χ2n) is 6.95. The van der Waals surface area contributed by atoms with E-state index in [1.54, 1.807) is 65.1 Å². The molecule has 0 saturated carbocycles. The molecule has 0 aliphatic heterocycles. The lowest BCUT2D eigenvalue weighted by Crippen LogP contribution is -2.12. The monoisotopic (exact) mass is 585 g/mol. The standard InChI is InChI=1S/C22H16IN7O5/c1-34-22(33)28-21-26-15-7-5-13(10-17(15)27-21)35-12-4-2-3-11(9-12)25-20(32)14-6-8-16(29-30-24)18(23)19(14)31/h2-10,31H,1H3,(H,25,32)(H2,26,27,28,33). The van der Waals surface area contributed by atoms with Crippen LogP contribution in [0, 0.1) is 3.57 Å². The number of H-pyrrole nitrogens is 1. The first-order valence-corrected chi connectivity index (χ1v) is 11.0. The lowest BCUT2D eigenvalue weighted by atomic mass is 10.1. The molecular formula is C22H16IN7O5. The van der Waals surface area contributed by atoms with Gasteiger partial charge in [-0.2, -0.15) is 0 Å². The molecule has 4 N–H and O–H groups in total. The van der Waals surface area contributed by atoms with E-state index in [4.69, 9.17) is 10.3 Å². The van der Waals surface area contributed by atoms with E-state index in [1.165, 1.54) is 19.2 Å². The molecule has 0 fully saturated rings. The number of rotatable bonds is 6. The van der Waals surface area contributed by atoms with Crippen LogP contribution < -0.4 is 15.4 Å². The van der Waals surface area contributed by atoms with Crippen LogP contribution in [0.2, 0.25) is 0 Å². The zero-order valence-electron chi connectivity index (χ0n) is 17.9. The van der Waals surface area contributed by atoms with Crippen molar-refractivity contribution in [1.82, 2.24) is 9.97 Å². The molecule has 0 atom stereocenters. The Bertz CT molecular complexity index is 1500. The zero-order chi connectivity index (χ0) is 24.9. The summed E-state index contributed by atoms with van der Waals surface area (Å²) in [4.78, 5) is 34.0. The van der Waals surface area contributed by atoms with E-state index < -0.39 is 12.0 Å². The smallest absolute Gasteiger partial charge is 0.413 e. The van der Waals surface area contributed by atoms with E-state index in [-0.39, 0.29) is 26.5 Å². The highest BCUT2D eigenvalue weighted by Gasteiger charge is 2.16. The molecule has 4 aromatic rings. The van der Waals surface area contributed by atoms with Crippen molar-refractivity contribution >= 4 is 62.9 Å². The molecule has 0 bridgehead atoms. The number of hydrogen-bond donors (Lipinski definition) is 4. The Labute approximate surface area is 211 Å². The summed E-state index contributed by atoms with van der Waals surface area (Å²) in [6.45, 7) is 0. The third-order valence-corrected chi connectivity index (χ3v) is 5.74. The van der Waals surface area contributed by atoms with Gasteiger partial charge in [0.1, 0.15) is 17.2 Å². The maximum Gasteiger partial charge on any atom is 0.413 e. The molecule has 1 heterocycles. The number of carbonyl (C=O) groups is 2. The molecule has 1 aromatic heterocycles. The number of methoxy groups -OCH3 is 1. The summed E-state index contributed by atoms with van der Waals surface area (Å²) in [5, 5.41) is 19.0. The molecule has 0 aliphatic rings. The van der Waals surface area contributed by atoms with E-state index in [0.29, 0.717) is 28.2 Å². The molecule has 3 aromatic carbocycles. The Balaban J connectivity index is 1.50. The summed E-state index contributed by atoms with van der Waals surface area (Å²) < 4.78 is 10.7. The van der Waals surface area contributed by atoms with Crippen LogP contribution in [-0.4, -0.2) is 34.2 Å². The lowest BCUT2D eigenvalue weighted by molar-refractivity contribution is 0.102. The van der Waals surface area contributed by atoms with Crippen LogP contribution >= 0.6 is 22.6 Å². The van der Waals surface area contributed by atoms with Crippen LogP contribution in [0.1, 0.15) is 10.4 Å². The van der Waals surface area contributed by atoms with Crippen LogP contribution in [0.15, 0.2) is 59.7 Å². The van der Waals surface area contributed by atoms with Gasteiger partial charge in [-0.15, -0.1) is 0 Å². The van der Waals surface area contributed by atoms with Gasteiger partial charge in [0.05, 0.1) is 33.0 Å². The zero-order valence-corrected chi connectivity index (χ0v) is 20.1. The molecule has 12 nitrogen and oxygen atoms in total. The molecule has 0 spiro atoms. The number of ether oxygens (including phenoxy) is 2. The highest BCUT2D eigenvalue weighted by molar-refractivity contribution is 14.1. The van der Waals surface area contributed by atoms with E-state index in [1.807, 2.05) is 0 Å². The quantitative estimate of drug-likeness (QED) is 0.0929. The summed E-state index contributed by atoms with van der Waals surface area (Å²) in [6.07, 6.45) is -0.644. The topological polar surface area (TPSA) is 174 Å². The first-order valence-electron chi connectivity index (χ1n) is 9.88. The summed E-state index contributed by atoms with van der Waals surface area (Å²) in [6, 6.07) is 14.7. The number of aromatic amines is 1. The van der Waals surface area contributed by atoms with Crippen molar-refractivity contribution in [2.75, 3.05) is 17.7 Å². The van der Waals surface area contributed by atoms with Gasteiger partial charge in [0, 0.05) is 22.7 Å². The number of aromatic nitrogens is 2. The number of anilines is 2. The summed E-state index contributed by atoms with van der Waals surface area (Å²) in [7, 11) is 1.26. The highest BCUT2D eigenvalue weighted by atomic mass is 127. The molecule has 0 radical (unpaired) electrons. The van der Waals surface area contributed by atoms with Gasteiger partial charge in [0.15, 0.2) is 0 Å². The van der Waals surface area contributed by atoms with Crippen LogP contribution in [0.5, 0.6) is 17.2 Å². The molecular weight excluding hydrogens is 569 g/mol. The Morgan fingerprint density at radius 2 is 1.94 bits per heavy atom. The van der Waals surface area contributed by atoms with E-state index >= 15 is 0 Å². The number of hydrogen-bond acceptors (Lipinski definition) is 7. The average Bonchev–Trinajstić information content (AvgIpc) is 3.23. The Morgan fingerprint density at radius 3 is 2.71 bits per heavy atom. The van der Waals surface area contributed by atoms with Crippen molar-refractivity contribution in [3.05, 3.63) is 74.2 Å². The van der Waals surface area contributed by atoms with Gasteiger partial charge < -0.3 is 24.9 Å². The largest absolute Gasteiger partial charge is 0.506 e. The maximum absolute atomic E-state index is 12.7. The number of amides is 2. The van der Waals surface area contributed by atoms with E-state index in [9.17, 15) is 14.7 Å². The number of aromatic hydroxyl groups is 1. The van der Waals surface area contributed by atoms with Gasteiger partial charge in [-0.05, 0) is 58.5 Å². The fourth-order valence-corrected chi connectivity index (χ4v) is 3.67. The number of carbonyl (C=O) groups excluding carboxylic acids is 2. The Hall–Kier alpha value is -4.49. The number of nitrogens with one attached hydrogen (secondary N) is 3. The number of benzene rings is 3. The Morgan fingerprint density at radius 1 is 1.14 bits per heavy atom. The third-order valence-electron chi connectivity index (χ3n) is 4.68. The van der Waals surface area contributed by atoms with Gasteiger partial charge >= 0.3 is 6.09 Å². The van der Waals surface area contributed by atoms with Crippen molar-refractivity contribution in [2.45, 2.75) is 0 Å². The summed E-state index contributed by atoms with van der Waals surface area (Å²) in [5.74, 6) is 0.352. The SMILES string of the molecule is COC(=O)Nc1nc2ccc(Oc3cccc(NC(=O)c4ccc(N=[N+]=[N-])c(I)c4O)c3)cc2[nH]1. The molecule has 0 unspecified atom stereocenters. The molecule has 4 rings (SSSR count). The van der Waals surface area contributed by atoms with Crippen molar-refractivity contribution in [2.24, 2.45) is 5.11 Å². The van der Waals surface area contributed by atoms with Gasteiger partial charge in [-0.25, -0.2) is 9.78 Å². The predicted octanol–water partition coefficient (Wildman–Crippen LogP) is 6.04. The number of imidazole rings is 1. The molecule has 13 heteroatoms. The Kier molecular flexibility index (Phi) is 6.89. The normalized spacial score (nSPS) is 10.3. The minimum Gasteiger partial charge on any atom is -0.506 e. The van der Waals surface area contributed by atoms with Gasteiger partial charge in [0.2, 0.25) is 5.95 Å². The lowest BCUT2D eigenvalue weighted by Gasteiger charge is -2.11. The van der Waals surface area contributed by atoms with Crippen molar-refractivity contribution in [3.63, 3.8) is 0 Å². The van der Waals surface area contributed by atoms with Crippen molar-refractivity contribution < 1.29 is 24.2 Å². The highest BCUT2D eigenvalue weighted by Crippen LogP contribution is 2.34. The van der Waals surface area contributed by atoms with Crippen molar-refractivity contribution in [1.29, 1.82) is 0 Å². The van der Waals surface area contributed by atoms with Gasteiger partial charge in [-0.1, -0.05) is 17.2 Å². The number of phenols is 1. The molecule has 176 valence electrons. The molecule has 2 amide bonds. The maximum atomic E-state index is 12.7. The number of azide groups is 1. The van der Waals surface area contributed by atoms with Crippen LogP contribution in [-0.2, 0) is 4.74 Å². The first kappa shape index (κ1) is 23.7. The number of halogens is 1. The third kappa shape index (κ3) is 5.37. The fraction of sp³-hybridized carbons (Fsp3) is 0.0455. The first-order chi connectivity index (χ1) is 16.9. The summed E-state index contributed by atoms with van der Waals surface area (Å²) >= 11 is 1.80. The predicted molar refractivity (Wildman–Crippen MR) is 136 cm³/mol. The minimum atomic E-state index is -0.644. The van der Waals surface area contributed by atoms with Crippen LogP contribution in [0.4, 0.5) is 22.1 Å². The second kappa shape index (κ2) is 10.2. The minimum absolute atomic E-state index is 0.0266. The van der Waals surface area contributed by atoms with E-state index in [2.05, 4.69) is 35.4 Å². The fourth-order valence-electron chi connectivity index (χ4n) is 3.09.